The summed E-state index contributed by atoms with van der Waals surface area (Å²) < 4.78 is 0.952. The molecule has 0 radical (unpaired) electrons. The van der Waals surface area contributed by atoms with Gasteiger partial charge < -0.3 is 5.11 Å². The molecule has 1 aromatic rings. The predicted octanol–water partition coefficient (Wildman–Crippen LogP) is 3.18. The van der Waals surface area contributed by atoms with Crippen LogP contribution in [0.1, 0.15) is 29.5 Å². The van der Waals surface area contributed by atoms with Crippen LogP contribution in [0.15, 0.2) is 16.6 Å². The highest BCUT2D eigenvalue weighted by Crippen LogP contribution is 2.51. The molecule has 1 saturated carbocycles. The van der Waals surface area contributed by atoms with E-state index < -0.39 is 11.4 Å². The minimum absolute atomic E-state index is 0.615. The molecule has 1 N–H and O–H groups in total. The smallest absolute Gasteiger partial charge is 0.314 e. The Kier molecular flexibility index (Phi) is 2.38. The summed E-state index contributed by atoms with van der Waals surface area (Å²) in [5, 5.41) is 9.24. The van der Waals surface area contributed by atoms with Gasteiger partial charge in [-0.25, -0.2) is 0 Å². The van der Waals surface area contributed by atoms with Crippen LogP contribution in [-0.2, 0) is 10.2 Å². The van der Waals surface area contributed by atoms with Crippen LogP contribution in [0.4, 0.5) is 0 Å². The van der Waals surface area contributed by atoms with Gasteiger partial charge in [0.25, 0.3) is 0 Å². The number of carbonyl (C=O) groups is 1. The second-order valence-electron chi connectivity index (χ2n) is 4.33. The number of halogens is 1. The van der Waals surface area contributed by atoms with Crippen LogP contribution < -0.4 is 0 Å². The minimum atomic E-state index is -0.701. The van der Waals surface area contributed by atoms with Crippen molar-refractivity contribution in [2.24, 2.45) is 0 Å². The molecular formula is C12H13BrO2. The average Bonchev–Trinajstić information content (AvgIpc) is 2.91. The van der Waals surface area contributed by atoms with Gasteiger partial charge in [-0.2, -0.15) is 0 Å². The molecule has 1 aliphatic carbocycles. The Bertz CT molecular complexity index is 433. The summed E-state index contributed by atoms with van der Waals surface area (Å²) in [6, 6.07) is 4.05. The van der Waals surface area contributed by atoms with Crippen LogP contribution in [0.2, 0.25) is 0 Å². The summed E-state index contributed by atoms with van der Waals surface area (Å²) in [4.78, 5) is 11.2. The standard InChI is InChI=1S/C12H13BrO2/c1-7-5-8(2)10(13)9(6-7)12(3-4-12)11(14)15/h5-6H,3-4H2,1-2H3,(H,14,15). The van der Waals surface area contributed by atoms with Gasteiger partial charge in [-0.05, 0) is 37.8 Å². The molecule has 15 heavy (non-hydrogen) atoms. The monoisotopic (exact) mass is 268 g/mol. The lowest BCUT2D eigenvalue weighted by molar-refractivity contribution is -0.140. The van der Waals surface area contributed by atoms with E-state index in [9.17, 15) is 9.90 Å². The predicted molar refractivity (Wildman–Crippen MR) is 62.2 cm³/mol. The summed E-state index contributed by atoms with van der Waals surface area (Å²) in [6.45, 7) is 4.00. The summed E-state index contributed by atoms with van der Waals surface area (Å²) in [5.74, 6) is -0.701. The van der Waals surface area contributed by atoms with Crippen molar-refractivity contribution in [2.75, 3.05) is 0 Å². The average molecular weight is 269 g/mol. The van der Waals surface area contributed by atoms with E-state index in [2.05, 4.69) is 22.0 Å². The number of hydrogen-bond acceptors (Lipinski definition) is 1. The highest BCUT2D eigenvalue weighted by Gasteiger charge is 2.52. The van der Waals surface area contributed by atoms with Crippen LogP contribution in [-0.4, -0.2) is 11.1 Å². The topological polar surface area (TPSA) is 37.3 Å². The Hall–Kier alpha value is -0.830. The zero-order valence-electron chi connectivity index (χ0n) is 8.80. The minimum Gasteiger partial charge on any atom is -0.481 e. The fourth-order valence-corrected chi connectivity index (χ4v) is 2.63. The third-order valence-electron chi connectivity index (χ3n) is 3.07. The zero-order valence-corrected chi connectivity index (χ0v) is 10.4. The van der Waals surface area contributed by atoms with Gasteiger partial charge in [0.05, 0.1) is 5.41 Å². The third kappa shape index (κ3) is 1.59. The maximum absolute atomic E-state index is 11.2. The fraction of sp³-hybridized carbons (Fsp3) is 0.417. The van der Waals surface area contributed by atoms with Crippen molar-refractivity contribution in [3.63, 3.8) is 0 Å². The van der Waals surface area contributed by atoms with E-state index >= 15 is 0 Å². The molecule has 0 aromatic heterocycles. The number of aliphatic carboxylic acids is 1. The first-order valence-electron chi connectivity index (χ1n) is 4.98. The molecule has 0 amide bonds. The molecule has 1 aliphatic rings. The summed E-state index contributed by atoms with van der Waals surface area (Å²) in [7, 11) is 0. The van der Waals surface area contributed by atoms with Crippen LogP contribution in [0.25, 0.3) is 0 Å². The van der Waals surface area contributed by atoms with Gasteiger partial charge in [-0.1, -0.05) is 33.6 Å². The van der Waals surface area contributed by atoms with Crippen molar-refractivity contribution in [3.05, 3.63) is 33.3 Å². The van der Waals surface area contributed by atoms with E-state index in [-0.39, 0.29) is 0 Å². The van der Waals surface area contributed by atoms with Gasteiger partial charge in [-0.15, -0.1) is 0 Å². The van der Waals surface area contributed by atoms with E-state index in [4.69, 9.17) is 0 Å². The lowest BCUT2D eigenvalue weighted by Gasteiger charge is -2.15. The second kappa shape index (κ2) is 3.34. The van der Waals surface area contributed by atoms with E-state index in [0.717, 1.165) is 34.0 Å². The first kappa shape index (κ1) is 10.7. The molecule has 0 atom stereocenters. The van der Waals surface area contributed by atoms with E-state index in [1.165, 1.54) is 0 Å². The maximum Gasteiger partial charge on any atom is 0.314 e. The highest BCUT2D eigenvalue weighted by molar-refractivity contribution is 9.10. The van der Waals surface area contributed by atoms with Crippen molar-refractivity contribution in [1.82, 2.24) is 0 Å². The number of aryl methyl sites for hydroxylation is 2. The molecule has 80 valence electrons. The van der Waals surface area contributed by atoms with Gasteiger partial charge in [0.2, 0.25) is 0 Å². The number of carboxylic acid groups (broad SMARTS) is 1. The molecule has 2 rings (SSSR count). The van der Waals surface area contributed by atoms with E-state index in [1.807, 2.05) is 19.9 Å². The van der Waals surface area contributed by atoms with Crippen molar-refractivity contribution >= 4 is 21.9 Å². The van der Waals surface area contributed by atoms with Gasteiger partial charge in [0.15, 0.2) is 0 Å². The second-order valence-corrected chi connectivity index (χ2v) is 5.12. The van der Waals surface area contributed by atoms with Crippen molar-refractivity contribution in [3.8, 4) is 0 Å². The molecule has 3 heteroatoms. The number of rotatable bonds is 2. The first-order chi connectivity index (χ1) is 6.97. The SMILES string of the molecule is Cc1cc(C)c(Br)c(C2(C(=O)O)CC2)c1. The lowest BCUT2D eigenvalue weighted by atomic mass is 9.93. The van der Waals surface area contributed by atoms with Crippen LogP contribution in [0.5, 0.6) is 0 Å². The Morgan fingerprint density at radius 3 is 2.47 bits per heavy atom. The largest absolute Gasteiger partial charge is 0.481 e. The van der Waals surface area contributed by atoms with E-state index in [1.54, 1.807) is 0 Å². The maximum atomic E-state index is 11.2. The molecule has 0 spiro atoms. The summed E-state index contributed by atoms with van der Waals surface area (Å²) >= 11 is 3.50. The summed E-state index contributed by atoms with van der Waals surface area (Å²) in [6.07, 6.45) is 1.51. The third-order valence-corrected chi connectivity index (χ3v) is 4.13. The van der Waals surface area contributed by atoms with Crippen molar-refractivity contribution in [1.29, 1.82) is 0 Å². The fourth-order valence-electron chi connectivity index (χ4n) is 2.02. The zero-order chi connectivity index (χ0) is 11.2. The molecule has 0 unspecified atom stereocenters. The highest BCUT2D eigenvalue weighted by atomic mass is 79.9. The van der Waals surface area contributed by atoms with Crippen LogP contribution >= 0.6 is 15.9 Å². The Morgan fingerprint density at radius 1 is 1.40 bits per heavy atom. The van der Waals surface area contributed by atoms with E-state index in [0.29, 0.717) is 0 Å². The van der Waals surface area contributed by atoms with Crippen molar-refractivity contribution in [2.45, 2.75) is 32.1 Å². The molecule has 1 aromatic carbocycles. The molecular weight excluding hydrogens is 256 g/mol. The Morgan fingerprint density at radius 2 is 2.00 bits per heavy atom. The molecule has 0 saturated heterocycles. The molecule has 0 aliphatic heterocycles. The van der Waals surface area contributed by atoms with Crippen molar-refractivity contribution < 1.29 is 9.90 Å². The van der Waals surface area contributed by atoms with Crippen LogP contribution in [0.3, 0.4) is 0 Å². The quantitative estimate of drug-likeness (QED) is 0.895. The van der Waals surface area contributed by atoms with Gasteiger partial charge >= 0.3 is 5.97 Å². The van der Waals surface area contributed by atoms with Gasteiger partial charge in [-0.3, -0.25) is 4.79 Å². The Labute approximate surface area is 97.4 Å². The summed E-state index contributed by atoms with van der Waals surface area (Å²) in [5.41, 5.74) is 2.55. The molecule has 0 heterocycles. The van der Waals surface area contributed by atoms with Gasteiger partial charge in [0.1, 0.15) is 0 Å². The lowest BCUT2D eigenvalue weighted by Crippen LogP contribution is -2.20. The first-order valence-corrected chi connectivity index (χ1v) is 5.77. The number of hydrogen-bond donors (Lipinski definition) is 1. The number of carboxylic acids is 1. The normalized spacial score (nSPS) is 17.5. The number of benzene rings is 1. The Balaban J connectivity index is 2.58. The van der Waals surface area contributed by atoms with Gasteiger partial charge in [0, 0.05) is 4.47 Å². The molecule has 1 fully saturated rings. The molecule has 2 nitrogen and oxygen atoms in total. The molecule has 0 bridgehead atoms. The van der Waals surface area contributed by atoms with Crippen LogP contribution in [0, 0.1) is 13.8 Å².